The van der Waals surface area contributed by atoms with Crippen LogP contribution in [0.25, 0.3) is 0 Å². The Morgan fingerprint density at radius 1 is 0.960 bits per heavy atom. The smallest absolute Gasteiger partial charge is 0.305 e. The van der Waals surface area contributed by atoms with Gasteiger partial charge in [-0.3, -0.25) is 4.79 Å². The van der Waals surface area contributed by atoms with Crippen LogP contribution >= 0.6 is 0 Å². The van der Waals surface area contributed by atoms with Crippen LogP contribution in [0, 0.1) is 0 Å². The lowest BCUT2D eigenvalue weighted by molar-refractivity contribution is -0.143. The maximum atomic E-state index is 11.1. The van der Waals surface area contributed by atoms with E-state index in [1.54, 1.807) is 0 Å². The van der Waals surface area contributed by atoms with Crippen molar-refractivity contribution in [2.24, 2.45) is 0 Å². The van der Waals surface area contributed by atoms with E-state index in [-0.39, 0.29) is 12.1 Å². The number of esters is 1. The summed E-state index contributed by atoms with van der Waals surface area (Å²) in [7, 11) is 0. The van der Waals surface area contributed by atoms with E-state index in [0.29, 0.717) is 13.0 Å². The summed E-state index contributed by atoms with van der Waals surface area (Å²) in [4.78, 5) is 11.1. The molecule has 0 aromatic heterocycles. The fourth-order valence-electron chi connectivity index (χ4n) is 2.21. The van der Waals surface area contributed by atoms with Crippen LogP contribution in [0.5, 0.6) is 0 Å². The van der Waals surface area contributed by atoms with Crippen LogP contribution in [-0.2, 0) is 9.53 Å². The van der Waals surface area contributed by atoms with Crippen molar-refractivity contribution in [3.8, 4) is 0 Å². The Labute approximate surface area is 154 Å². The molecule has 3 heteroatoms. The van der Waals surface area contributed by atoms with Gasteiger partial charge in [0.1, 0.15) is 0 Å². The molecule has 0 radical (unpaired) electrons. The van der Waals surface area contributed by atoms with Crippen molar-refractivity contribution < 1.29 is 14.6 Å². The first-order valence-electron chi connectivity index (χ1n) is 9.67. The summed E-state index contributed by atoms with van der Waals surface area (Å²) >= 11 is 0. The number of aliphatic hydroxyl groups is 1. The lowest BCUT2D eigenvalue weighted by Crippen LogP contribution is -2.02. The van der Waals surface area contributed by atoms with Crippen LogP contribution in [0.15, 0.2) is 48.6 Å². The van der Waals surface area contributed by atoms with E-state index >= 15 is 0 Å². The number of rotatable bonds is 15. The Hall–Kier alpha value is -1.61. The van der Waals surface area contributed by atoms with Crippen molar-refractivity contribution in [2.75, 3.05) is 6.61 Å². The van der Waals surface area contributed by atoms with Gasteiger partial charge in [-0.05, 0) is 39.0 Å². The fraction of sp³-hybridized carbons (Fsp3) is 0.591. The molecule has 0 unspecified atom stereocenters. The zero-order chi connectivity index (χ0) is 18.6. The van der Waals surface area contributed by atoms with Gasteiger partial charge in [-0.1, -0.05) is 74.8 Å². The summed E-state index contributed by atoms with van der Waals surface area (Å²) in [6.45, 7) is 4.46. The van der Waals surface area contributed by atoms with Gasteiger partial charge in [-0.2, -0.15) is 0 Å². The van der Waals surface area contributed by atoms with Crippen LogP contribution in [0.3, 0.4) is 0 Å². The molecule has 25 heavy (non-hydrogen) atoms. The van der Waals surface area contributed by atoms with Crippen LogP contribution < -0.4 is 0 Å². The average Bonchev–Trinajstić information content (AvgIpc) is 2.59. The molecule has 3 nitrogen and oxygen atoms in total. The Bertz CT molecular complexity index is 419. The summed E-state index contributed by atoms with van der Waals surface area (Å²) in [5.41, 5.74) is 0. The summed E-state index contributed by atoms with van der Waals surface area (Å²) in [6, 6.07) is 0. The summed E-state index contributed by atoms with van der Waals surface area (Å²) in [5.74, 6) is -0.106. The molecular weight excluding hydrogens is 312 g/mol. The predicted molar refractivity (Wildman–Crippen MR) is 106 cm³/mol. The highest BCUT2D eigenvalue weighted by molar-refractivity contribution is 5.69. The SMILES string of the molecule is CCCCC[C@H](O)/C=C/C=C\C/C=C\C/C=C\CCCC(=O)OCC. The second-order valence-electron chi connectivity index (χ2n) is 5.99. The third kappa shape index (κ3) is 18.6. The normalized spacial score (nSPS) is 13.6. The number of aliphatic hydroxyl groups excluding tert-OH is 1. The molecule has 0 rings (SSSR count). The zero-order valence-corrected chi connectivity index (χ0v) is 16.0. The zero-order valence-electron chi connectivity index (χ0n) is 16.0. The van der Waals surface area contributed by atoms with Gasteiger partial charge in [-0.15, -0.1) is 0 Å². The summed E-state index contributed by atoms with van der Waals surface area (Å²) in [6.07, 6.45) is 24.4. The third-order valence-corrected chi connectivity index (χ3v) is 3.62. The van der Waals surface area contributed by atoms with Gasteiger partial charge in [0, 0.05) is 6.42 Å². The molecule has 0 spiro atoms. The molecule has 0 amide bonds. The van der Waals surface area contributed by atoms with E-state index in [0.717, 1.165) is 38.5 Å². The standard InChI is InChI=1S/C22H36O3/c1-3-5-15-18-21(23)19-16-13-11-9-7-6-8-10-12-14-17-20-22(24)25-4-2/h6-7,10-13,16,19,21,23H,3-5,8-9,14-15,17-18,20H2,1-2H3/b7-6-,12-10-,13-11-,19-16+/t21-/m0/s1. The molecule has 0 heterocycles. The second-order valence-corrected chi connectivity index (χ2v) is 5.99. The highest BCUT2D eigenvalue weighted by Crippen LogP contribution is 2.04. The summed E-state index contributed by atoms with van der Waals surface area (Å²) < 4.78 is 4.88. The molecule has 0 aliphatic rings. The second kappa shape index (κ2) is 18.7. The maximum absolute atomic E-state index is 11.1. The number of carbonyl (C=O) groups excluding carboxylic acids is 1. The molecule has 0 aliphatic carbocycles. The highest BCUT2D eigenvalue weighted by Gasteiger charge is 1.98. The largest absolute Gasteiger partial charge is 0.466 e. The minimum atomic E-state index is -0.319. The molecule has 0 bridgehead atoms. The molecule has 0 fully saturated rings. The number of hydrogen-bond acceptors (Lipinski definition) is 3. The lowest BCUT2D eigenvalue weighted by atomic mass is 10.1. The number of hydrogen-bond donors (Lipinski definition) is 1. The van der Waals surface area contributed by atoms with Crippen molar-refractivity contribution in [2.45, 2.75) is 77.7 Å². The Balaban J connectivity index is 3.58. The maximum Gasteiger partial charge on any atom is 0.305 e. The Morgan fingerprint density at radius 2 is 1.68 bits per heavy atom. The fourth-order valence-corrected chi connectivity index (χ4v) is 2.21. The topological polar surface area (TPSA) is 46.5 Å². The average molecular weight is 349 g/mol. The first kappa shape index (κ1) is 23.4. The van der Waals surface area contributed by atoms with Crippen LogP contribution in [0.2, 0.25) is 0 Å². The first-order valence-corrected chi connectivity index (χ1v) is 9.67. The van der Waals surface area contributed by atoms with E-state index < -0.39 is 0 Å². The highest BCUT2D eigenvalue weighted by atomic mass is 16.5. The molecule has 0 aromatic carbocycles. The van der Waals surface area contributed by atoms with Gasteiger partial charge in [0.15, 0.2) is 0 Å². The quantitative estimate of drug-likeness (QED) is 0.180. The molecule has 142 valence electrons. The number of unbranched alkanes of at least 4 members (excludes halogenated alkanes) is 3. The van der Waals surface area contributed by atoms with Gasteiger partial charge in [0.05, 0.1) is 12.7 Å². The molecule has 0 aliphatic heterocycles. The minimum Gasteiger partial charge on any atom is -0.466 e. The van der Waals surface area contributed by atoms with E-state index in [4.69, 9.17) is 4.74 Å². The molecule has 0 saturated heterocycles. The van der Waals surface area contributed by atoms with Crippen molar-refractivity contribution >= 4 is 5.97 Å². The van der Waals surface area contributed by atoms with Gasteiger partial charge in [-0.25, -0.2) is 0 Å². The monoisotopic (exact) mass is 348 g/mol. The number of allylic oxidation sites excluding steroid dienone is 7. The Morgan fingerprint density at radius 3 is 2.40 bits per heavy atom. The molecule has 0 aromatic rings. The van der Waals surface area contributed by atoms with Gasteiger partial charge < -0.3 is 9.84 Å². The molecule has 1 atom stereocenters. The lowest BCUT2D eigenvalue weighted by Gasteiger charge is -2.02. The van der Waals surface area contributed by atoms with Crippen molar-refractivity contribution in [3.05, 3.63) is 48.6 Å². The predicted octanol–water partition coefficient (Wildman–Crippen LogP) is 5.67. The Kier molecular flexibility index (Phi) is 17.5. The third-order valence-electron chi connectivity index (χ3n) is 3.62. The van der Waals surface area contributed by atoms with Gasteiger partial charge in [0.25, 0.3) is 0 Å². The van der Waals surface area contributed by atoms with Gasteiger partial charge >= 0.3 is 5.97 Å². The van der Waals surface area contributed by atoms with Gasteiger partial charge in [0.2, 0.25) is 0 Å². The van der Waals surface area contributed by atoms with E-state index in [1.807, 2.05) is 25.2 Å². The molecule has 0 saturated carbocycles. The van der Waals surface area contributed by atoms with Crippen LogP contribution in [-0.4, -0.2) is 23.8 Å². The first-order chi connectivity index (χ1) is 12.2. The van der Waals surface area contributed by atoms with Crippen molar-refractivity contribution in [1.82, 2.24) is 0 Å². The van der Waals surface area contributed by atoms with Crippen LogP contribution in [0.4, 0.5) is 0 Å². The molecule has 1 N–H and O–H groups in total. The van der Waals surface area contributed by atoms with Crippen molar-refractivity contribution in [3.63, 3.8) is 0 Å². The van der Waals surface area contributed by atoms with Crippen LogP contribution in [0.1, 0.15) is 71.6 Å². The van der Waals surface area contributed by atoms with E-state index in [9.17, 15) is 9.90 Å². The minimum absolute atomic E-state index is 0.106. The van der Waals surface area contributed by atoms with Crippen molar-refractivity contribution in [1.29, 1.82) is 0 Å². The number of ether oxygens (including phenoxy) is 1. The molecular formula is C22H36O3. The van der Waals surface area contributed by atoms with E-state index in [2.05, 4.69) is 37.3 Å². The summed E-state index contributed by atoms with van der Waals surface area (Å²) in [5, 5.41) is 9.73. The van der Waals surface area contributed by atoms with E-state index in [1.165, 1.54) is 12.8 Å². The number of carbonyl (C=O) groups is 1.